The summed E-state index contributed by atoms with van der Waals surface area (Å²) in [4.78, 5) is 10.5. The second-order valence-electron chi connectivity index (χ2n) is 3.47. The number of hydrogen-bond donors (Lipinski definition) is 1. The van der Waals surface area contributed by atoms with Crippen LogP contribution in [-0.4, -0.2) is 19.9 Å². The molecular weight excluding hydrogens is 180 g/mol. The molecule has 0 aromatic heterocycles. The fourth-order valence-corrected chi connectivity index (χ4v) is 2.28. The Morgan fingerprint density at radius 2 is 2.15 bits per heavy atom. The first-order valence-electron chi connectivity index (χ1n) is 4.40. The highest BCUT2D eigenvalue weighted by molar-refractivity contribution is 6.70. The van der Waals surface area contributed by atoms with Gasteiger partial charge in [0, 0.05) is 0 Å². The lowest BCUT2D eigenvalue weighted by Crippen LogP contribution is -2.22. The summed E-state index contributed by atoms with van der Waals surface area (Å²) in [7, 11) is -0.795. The van der Waals surface area contributed by atoms with Crippen molar-refractivity contribution in [2.45, 2.75) is 19.5 Å². The zero-order chi connectivity index (χ0) is 9.84. The smallest absolute Gasteiger partial charge is 0.307 e. The van der Waals surface area contributed by atoms with Crippen LogP contribution in [0.25, 0.3) is 0 Å². The molecule has 70 valence electrons. The predicted octanol–water partition coefficient (Wildman–Crippen LogP) is 1.01. The third-order valence-electron chi connectivity index (χ3n) is 1.97. The van der Waals surface area contributed by atoms with Crippen LogP contribution in [-0.2, 0) is 11.2 Å². The minimum absolute atomic E-state index is 0.134. The minimum atomic E-state index is -0.795. The second kappa shape index (κ2) is 4.23. The summed E-state index contributed by atoms with van der Waals surface area (Å²) in [6, 6.07) is 7.92. The van der Waals surface area contributed by atoms with Crippen molar-refractivity contribution >= 4 is 20.0 Å². The van der Waals surface area contributed by atoms with Crippen molar-refractivity contribution in [2.75, 3.05) is 0 Å². The highest BCUT2D eigenvalue weighted by atomic mass is 28.3. The van der Waals surface area contributed by atoms with Crippen molar-refractivity contribution in [2.24, 2.45) is 0 Å². The number of aliphatic carboxylic acids is 1. The molecule has 0 amide bonds. The van der Waals surface area contributed by atoms with E-state index in [4.69, 9.17) is 5.11 Å². The molecule has 3 heteroatoms. The molecule has 0 aliphatic heterocycles. The first-order valence-corrected chi connectivity index (χ1v) is 7.29. The Hall–Kier alpha value is -1.09. The molecule has 1 rings (SSSR count). The van der Waals surface area contributed by atoms with Crippen LogP contribution in [0.3, 0.4) is 0 Å². The van der Waals surface area contributed by atoms with Gasteiger partial charge in [-0.15, -0.1) is 0 Å². The van der Waals surface area contributed by atoms with Gasteiger partial charge in [-0.1, -0.05) is 42.5 Å². The fourth-order valence-electron chi connectivity index (χ4n) is 1.24. The summed E-state index contributed by atoms with van der Waals surface area (Å²) in [5.41, 5.74) is 0.909. The SMILES string of the molecule is C[SiH](C)c1cccc(CC(=O)O)c1. The van der Waals surface area contributed by atoms with Crippen LogP contribution >= 0.6 is 0 Å². The van der Waals surface area contributed by atoms with Gasteiger partial charge in [0.25, 0.3) is 0 Å². The molecule has 0 fully saturated rings. The van der Waals surface area contributed by atoms with Crippen LogP contribution in [0.1, 0.15) is 5.56 Å². The first kappa shape index (κ1) is 9.99. The van der Waals surface area contributed by atoms with Crippen molar-refractivity contribution in [1.82, 2.24) is 0 Å². The molecule has 0 aliphatic carbocycles. The predicted molar refractivity (Wildman–Crippen MR) is 56.3 cm³/mol. The second-order valence-corrected chi connectivity index (χ2v) is 6.45. The standard InChI is InChI=1S/C10H14O2Si/c1-13(2)9-5-3-4-8(6-9)7-10(11)12/h3-6,13H,7H2,1-2H3,(H,11,12). The van der Waals surface area contributed by atoms with Gasteiger partial charge in [-0.05, 0) is 5.56 Å². The number of carbonyl (C=O) groups is 1. The van der Waals surface area contributed by atoms with E-state index in [9.17, 15) is 4.79 Å². The van der Waals surface area contributed by atoms with Crippen molar-refractivity contribution in [3.8, 4) is 0 Å². The summed E-state index contributed by atoms with van der Waals surface area (Å²) < 4.78 is 0. The Bertz CT molecular complexity index is 308. The molecule has 1 aromatic carbocycles. The molecule has 0 saturated carbocycles. The van der Waals surface area contributed by atoms with E-state index in [0.717, 1.165) is 5.56 Å². The lowest BCUT2D eigenvalue weighted by atomic mass is 10.2. The quantitative estimate of drug-likeness (QED) is 0.729. The van der Waals surface area contributed by atoms with Crippen molar-refractivity contribution in [3.63, 3.8) is 0 Å². The number of carboxylic acid groups (broad SMARTS) is 1. The van der Waals surface area contributed by atoms with Crippen LogP contribution in [0.4, 0.5) is 0 Å². The van der Waals surface area contributed by atoms with Crippen LogP contribution < -0.4 is 5.19 Å². The molecule has 13 heavy (non-hydrogen) atoms. The van der Waals surface area contributed by atoms with Crippen molar-refractivity contribution < 1.29 is 9.90 Å². The van der Waals surface area contributed by atoms with Gasteiger partial charge in [-0.25, -0.2) is 0 Å². The Morgan fingerprint density at radius 1 is 1.46 bits per heavy atom. The Kier molecular flexibility index (Phi) is 3.25. The fraction of sp³-hybridized carbons (Fsp3) is 0.300. The third-order valence-corrected chi connectivity index (χ3v) is 3.67. The van der Waals surface area contributed by atoms with E-state index < -0.39 is 14.8 Å². The lowest BCUT2D eigenvalue weighted by molar-refractivity contribution is -0.136. The minimum Gasteiger partial charge on any atom is -0.481 e. The molecular formula is C10H14O2Si. The number of rotatable bonds is 3. The van der Waals surface area contributed by atoms with Gasteiger partial charge < -0.3 is 5.11 Å². The van der Waals surface area contributed by atoms with Gasteiger partial charge in [0.05, 0.1) is 15.2 Å². The van der Waals surface area contributed by atoms with E-state index in [1.807, 2.05) is 18.2 Å². The Balaban J connectivity index is 2.85. The highest BCUT2D eigenvalue weighted by Crippen LogP contribution is 1.99. The van der Waals surface area contributed by atoms with Gasteiger partial charge >= 0.3 is 5.97 Å². The first-order chi connectivity index (χ1) is 6.09. The van der Waals surface area contributed by atoms with E-state index >= 15 is 0 Å². The van der Waals surface area contributed by atoms with Crippen molar-refractivity contribution in [3.05, 3.63) is 29.8 Å². The largest absolute Gasteiger partial charge is 0.481 e. The number of hydrogen-bond acceptors (Lipinski definition) is 1. The zero-order valence-corrected chi connectivity index (χ0v) is 9.10. The average Bonchev–Trinajstić information content (AvgIpc) is 2.03. The molecule has 0 heterocycles. The summed E-state index contributed by atoms with van der Waals surface area (Å²) in [5.74, 6) is -0.762. The third kappa shape index (κ3) is 3.03. The number of carboxylic acids is 1. The van der Waals surface area contributed by atoms with Crippen LogP contribution in [0, 0.1) is 0 Å². The Labute approximate surface area is 79.8 Å². The molecule has 1 N–H and O–H groups in total. The van der Waals surface area contributed by atoms with E-state index in [-0.39, 0.29) is 6.42 Å². The van der Waals surface area contributed by atoms with Crippen molar-refractivity contribution in [1.29, 1.82) is 0 Å². The van der Waals surface area contributed by atoms with Gasteiger partial charge in [-0.3, -0.25) is 4.79 Å². The molecule has 2 nitrogen and oxygen atoms in total. The molecule has 0 radical (unpaired) electrons. The topological polar surface area (TPSA) is 37.3 Å². The summed E-state index contributed by atoms with van der Waals surface area (Å²) >= 11 is 0. The summed E-state index contributed by atoms with van der Waals surface area (Å²) in [6.07, 6.45) is 0.134. The molecule has 0 spiro atoms. The van der Waals surface area contributed by atoms with Gasteiger partial charge in [-0.2, -0.15) is 0 Å². The molecule has 0 bridgehead atoms. The zero-order valence-electron chi connectivity index (χ0n) is 7.95. The number of benzene rings is 1. The average molecular weight is 194 g/mol. The normalized spacial score (nSPS) is 10.4. The van der Waals surface area contributed by atoms with Gasteiger partial charge in [0.15, 0.2) is 0 Å². The molecule has 0 aliphatic rings. The monoisotopic (exact) mass is 194 g/mol. The summed E-state index contributed by atoms with van der Waals surface area (Å²) in [5, 5.41) is 9.94. The van der Waals surface area contributed by atoms with E-state index in [1.54, 1.807) is 0 Å². The molecule has 1 aromatic rings. The van der Waals surface area contributed by atoms with E-state index in [0.29, 0.717) is 0 Å². The van der Waals surface area contributed by atoms with Gasteiger partial charge in [0.1, 0.15) is 0 Å². The maximum atomic E-state index is 10.5. The summed E-state index contributed by atoms with van der Waals surface area (Å²) in [6.45, 7) is 4.47. The Morgan fingerprint density at radius 3 is 2.69 bits per heavy atom. The van der Waals surface area contributed by atoms with Crippen LogP contribution in [0.15, 0.2) is 24.3 Å². The van der Waals surface area contributed by atoms with E-state index in [2.05, 4.69) is 19.2 Å². The maximum Gasteiger partial charge on any atom is 0.307 e. The maximum absolute atomic E-state index is 10.5. The molecule has 0 atom stereocenters. The van der Waals surface area contributed by atoms with E-state index in [1.165, 1.54) is 5.19 Å². The van der Waals surface area contributed by atoms with Crippen LogP contribution in [0.5, 0.6) is 0 Å². The molecule has 0 unspecified atom stereocenters. The lowest BCUT2D eigenvalue weighted by Gasteiger charge is -2.05. The van der Waals surface area contributed by atoms with Gasteiger partial charge in [0.2, 0.25) is 0 Å². The molecule has 0 saturated heterocycles. The highest BCUT2D eigenvalue weighted by Gasteiger charge is 2.03. The van der Waals surface area contributed by atoms with Crippen LogP contribution in [0.2, 0.25) is 13.1 Å².